The molecule has 0 radical (unpaired) electrons. The van der Waals surface area contributed by atoms with Gasteiger partial charge in [0.2, 0.25) is 0 Å². The fraction of sp³-hybridized carbons (Fsp3) is 0.316. The van der Waals surface area contributed by atoms with E-state index in [1.54, 1.807) is 0 Å². The van der Waals surface area contributed by atoms with Crippen LogP contribution in [0, 0.1) is 11.6 Å². The van der Waals surface area contributed by atoms with E-state index in [2.05, 4.69) is 0 Å². The smallest absolute Gasteiger partial charge is 0.303 e. The van der Waals surface area contributed by atoms with Gasteiger partial charge in [-0.05, 0) is 34.9 Å². The third kappa shape index (κ3) is 3.76. The highest BCUT2D eigenvalue weighted by Gasteiger charge is 2.41. The number of carbonyl (C=O) groups is 1. The molecule has 0 saturated heterocycles. The molecule has 3 rings (SSSR count). The summed E-state index contributed by atoms with van der Waals surface area (Å²) in [6, 6.07) is 4.42. The zero-order valence-corrected chi connectivity index (χ0v) is 15.7. The van der Waals surface area contributed by atoms with E-state index in [4.69, 9.17) is 4.74 Å². The van der Waals surface area contributed by atoms with Crippen LogP contribution in [0.2, 0.25) is 0 Å². The molecule has 3 atom stereocenters. The van der Waals surface area contributed by atoms with Crippen molar-refractivity contribution in [1.82, 2.24) is 0 Å². The fourth-order valence-electron chi connectivity index (χ4n) is 3.46. The number of halogens is 4. The minimum Gasteiger partial charge on any atom is -0.454 e. The lowest BCUT2D eigenvalue weighted by atomic mass is 9.95. The van der Waals surface area contributed by atoms with Gasteiger partial charge in [-0.25, -0.2) is 26.0 Å². The quantitative estimate of drug-likeness (QED) is 0.560. The molecule has 0 N–H and O–H groups in total. The van der Waals surface area contributed by atoms with Crippen molar-refractivity contribution in [2.45, 2.75) is 36.7 Å². The van der Waals surface area contributed by atoms with Gasteiger partial charge in [-0.3, -0.25) is 4.79 Å². The SMILES string of the molecule is CC(=O)O[C@H]1c2c(S(C)(=O)=O)ccc([C@H](F)c3cc(F)cc(F)c3)c2C[C@H]1F. The largest absolute Gasteiger partial charge is 0.454 e. The summed E-state index contributed by atoms with van der Waals surface area (Å²) in [6.45, 7) is 1.04. The summed E-state index contributed by atoms with van der Waals surface area (Å²) >= 11 is 0. The number of esters is 1. The van der Waals surface area contributed by atoms with Crippen LogP contribution in [0.15, 0.2) is 35.2 Å². The number of hydrogen-bond acceptors (Lipinski definition) is 4. The van der Waals surface area contributed by atoms with Gasteiger partial charge in [0.15, 0.2) is 22.1 Å². The van der Waals surface area contributed by atoms with E-state index in [1.807, 2.05) is 0 Å². The molecule has 0 bridgehead atoms. The first-order valence-electron chi connectivity index (χ1n) is 8.26. The minimum atomic E-state index is -3.84. The van der Waals surface area contributed by atoms with Crippen LogP contribution < -0.4 is 0 Å². The van der Waals surface area contributed by atoms with Crippen molar-refractivity contribution in [1.29, 1.82) is 0 Å². The number of fused-ring (bicyclic) bond motifs is 1. The van der Waals surface area contributed by atoms with Crippen LogP contribution in [0.5, 0.6) is 0 Å². The van der Waals surface area contributed by atoms with E-state index < -0.39 is 52.3 Å². The highest BCUT2D eigenvalue weighted by Crippen LogP contribution is 2.45. The Kier molecular flexibility index (Phi) is 5.22. The summed E-state index contributed by atoms with van der Waals surface area (Å²) in [7, 11) is -3.84. The van der Waals surface area contributed by atoms with Gasteiger partial charge in [-0.1, -0.05) is 6.07 Å². The summed E-state index contributed by atoms with van der Waals surface area (Å²) in [4.78, 5) is 11.1. The molecule has 0 aliphatic heterocycles. The first-order valence-corrected chi connectivity index (χ1v) is 10.1. The minimum absolute atomic E-state index is 0.0128. The Bertz CT molecular complexity index is 1030. The maximum Gasteiger partial charge on any atom is 0.303 e. The van der Waals surface area contributed by atoms with Crippen LogP contribution in [-0.4, -0.2) is 26.8 Å². The topological polar surface area (TPSA) is 60.4 Å². The zero-order chi connectivity index (χ0) is 20.8. The van der Waals surface area contributed by atoms with Crippen LogP contribution in [-0.2, 0) is 25.8 Å². The standard InChI is InChI=1S/C19H16F4O4S/c1-9(24)27-19-15(22)8-14-13(3-4-16(17(14)19)28(2,25)26)18(23)10-5-11(20)7-12(21)6-10/h3-7,15,18-19H,8H2,1-2H3/t15-,18-,19-/m1/s1. The van der Waals surface area contributed by atoms with Gasteiger partial charge in [0.1, 0.15) is 17.8 Å². The predicted molar refractivity (Wildman–Crippen MR) is 92.0 cm³/mol. The van der Waals surface area contributed by atoms with Crippen molar-refractivity contribution < 1.29 is 35.5 Å². The van der Waals surface area contributed by atoms with Crippen LogP contribution >= 0.6 is 0 Å². The van der Waals surface area contributed by atoms with Crippen molar-refractivity contribution in [2.24, 2.45) is 0 Å². The van der Waals surface area contributed by atoms with Gasteiger partial charge < -0.3 is 4.74 Å². The number of rotatable bonds is 4. The molecule has 0 aromatic heterocycles. The number of sulfone groups is 1. The molecular formula is C19H16F4O4S. The van der Waals surface area contributed by atoms with Gasteiger partial charge in [-0.15, -0.1) is 0 Å². The Balaban J connectivity index is 2.20. The lowest BCUT2D eigenvalue weighted by molar-refractivity contribution is -0.149. The van der Waals surface area contributed by atoms with Gasteiger partial charge >= 0.3 is 5.97 Å². The van der Waals surface area contributed by atoms with E-state index in [1.165, 1.54) is 0 Å². The van der Waals surface area contributed by atoms with E-state index >= 15 is 4.39 Å². The second kappa shape index (κ2) is 7.20. The molecular weight excluding hydrogens is 400 g/mol. The van der Waals surface area contributed by atoms with E-state index in [0.717, 1.165) is 37.4 Å². The first-order chi connectivity index (χ1) is 13.0. The molecule has 1 aliphatic carbocycles. The lowest BCUT2D eigenvalue weighted by Gasteiger charge is -2.19. The molecule has 2 aromatic carbocycles. The average molecular weight is 416 g/mol. The molecule has 4 nitrogen and oxygen atoms in total. The van der Waals surface area contributed by atoms with Gasteiger partial charge in [-0.2, -0.15) is 0 Å². The zero-order valence-electron chi connectivity index (χ0n) is 14.9. The Morgan fingerprint density at radius 1 is 1.18 bits per heavy atom. The lowest BCUT2D eigenvalue weighted by Crippen LogP contribution is -2.17. The van der Waals surface area contributed by atoms with Crippen molar-refractivity contribution in [3.63, 3.8) is 0 Å². The molecule has 0 amide bonds. The molecule has 2 aromatic rings. The van der Waals surface area contributed by atoms with Crippen molar-refractivity contribution >= 4 is 15.8 Å². The Hall–Kier alpha value is -2.42. The highest BCUT2D eigenvalue weighted by atomic mass is 32.2. The summed E-state index contributed by atoms with van der Waals surface area (Å²) < 4.78 is 85.8. The summed E-state index contributed by atoms with van der Waals surface area (Å²) in [6.07, 6.45) is -4.82. The first kappa shape index (κ1) is 20.3. The van der Waals surface area contributed by atoms with Gasteiger partial charge in [0, 0.05) is 31.2 Å². The summed E-state index contributed by atoms with van der Waals surface area (Å²) in [5.74, 6) is -2.79. The van der Waals surface area contributed by atoms with Gasteiger partial charge in [0.25, 0.3) is 0 Å². The monoisotopic (exact) mass is 416 g/mol. The molecule has 0 unspecified atom stereocenters. The molecule has 1 aliphatic rings. The number of alkyl halides is 2. The molecule has 0 heterocycles. The van der Waals surface area contributed by atoms with Crippen molar-refractivity contribution in [3.05, 3.63) is 64.2 Å². The van der Waals surface area contributed by atoms with Crippen LogP contribution in [0.1, 0.15) is 41.5 Å². The number of ether oxygens (including phenoxy) is 1. The molecule has 0 fully saturated rings. The number of carbonyl (C=O) groups excluding carboxylic acids is 1. The Labute approximate surface area is 159 Å². The van der Waals surface area contributed by atoms with Crippen LogP contribution in [0.4, 0.5) is 17.6 Å². The predicted octanol–water partition coefficient (Wildman–Crippen LogP) is 3.93. The van der Waals surface area contributed by atoms with Gasteiger partial charge in [0.05, 0.1) is 4.90 Å². The third-order valence-electron chi connectivity index (χ3n) is 4.51. The number of hydrogen-bond donors (Lipinski definition) is 0. The van der Waals surface area contributed by atoms with Crippen LogP contribution in [0.3, 0.4) is 0 Å². The Morgan fingerprint density at radius 3 is 2.32 bits per heavy atom. The second-order valence-electron chi connectivity index (χ2n) is 6.63. The van der Waals surface area contributed by atoms with Crippen LogP contribution in [0.25, 0.3) is 0 Å². The summed E-state index contributed by atoms with van der Waals surface area (Å²) in [5.41, 5.74) is -0.594. The highest BCUT2D eigenvalue weighted by molar-refractivity contribution is 7.90. The normalized spacial score (nSPS) is 19.9. The molecule has 150 valence electrons. The third-order valence-corrected chi connectivity index (χ3v) is 5.66. The van der Waals surface area contributed by atoms with E-state index in [-0.39, 0.29) is 27.1 Å². The maximum absolute atomic E-state index is 15.1. The van der Waals surface area contributed by atoms with E-state index in [0.29, 0.717) is 6.07 Å². The average Bonchev–Trinajstić information content (AvgIpc) is 2.87. The molecule has 9 heteroatoms. The molecule has 28 heavy (non-hydrogen) atoms. The second-order valence-corrected chi connectivity index (χ2v) is 8.62. The van der Waals surface area contributed by atoms with Crippen molar-refractivity contribution in [3.8, 4) is 0 Å². The Morgan fingerprint density at radius 2 is 1.79 bits per heavy atom. The summed E-state index contributed by atoms with van der Waals surface area (Å²) in [5, 5.41) is 0. The van der Waals surface area contributed by atoms with Crippen molar-refractivity contribution in [2.75, 3.05) is 6.26 Å². The molecule has 0 saturated carbocycles. The van der Waals surface area contributed by atoms with E-state index in [9.17, 15) is 26.4 Å². The molecule has 0 spiro atoms. The maximum atomic E-state index is 15.1. The fourth-order valence-corrected chi connectivity index (χ4v) is 4.41. The number of benzene rings is 2.